The van der Waals surface area contributed by atoms with Gasteiger partial charge in [0, 0.05) is 25.2 Å². The van der Waals surface area contributed by atoms with Gasteiger partial charge in [-0.15, -0.1) is 12.4 Å². The quantitative estimate of drug-likeness (QED) is 0.618. The number of nitro benzene ring substituents is 1. The topological polar surface area (TPSA) is 84.7 Å². The number of nitro groups is 1. The van der Waals surface area contributed by atoms with Crippen LogP contribution in [0.1, 0.15) is 12.8 Å². The van der Waals surface area contributed by atoms with Crippen LogP contribution in [0.5, 0.6) is 5.75 Å². The van der Waals surface area contributed by atoms with E-state index >= 15 is 0 Å². The summed E-state index contributed by atoms with van der Waals surface area (Å²) >= 11 is 0. The Morgan fingerprint density at radius 1 is 1.46 bits per heavy atom. The highest BCUT2D eigenvalue weighted by molar-refractivity contribution is 5.85. The van der Waals surface area contributed by atoms with Gasteiger partial charge in [0.05, 0.1) is 4.92 Å². The maximum absolute atomic E-state index is 13.5. The molecule has 1 heterocycles. The predicted octanol–water partition coefficient (Wildman–Crippen LogP) is 1.99. The van der Waals surface area contributed by atoms with Gasteiger partial charge < -0.3 is 15.0 Å². The molecule has 24 heavy (non-hydrogen) atoms. The lowest BCUT2D eigenvalue weighted by molar-refractivity contribution is -0.387. The summed E-state index contributed by atoms with van der Waals surface area (Å²) in [5, 5.41) is 13.7. The standard InChI is InChI=1S/C15H20FN3O4.ClH/c1-17-9-11-4-6-18(7-5-11)15(20)10-23-12-2-3-14(19(21)22)13(16)8-12;/h2-3,8,11,17H,4-7,9-10H2,1H3;1H. The average molecular weight is 362 g/mol. The predicted molar refractivity (Wildman–Crippen MR) is 89.0 cm³/mol. The minimum absolute atomic E-state index is 0. The number of hydrogen-bond acceptors (Lipinski definition) is 5. The number of nitrogens with one attached hydrogen (secondary N) is 1. The number of rotatable bonds is 6. The van der Waals surface area contributed by atoms with Crippen LogP contribution in [0.25, 0.3) is 0 Å². The number of piperidine rings is 1. The third-order valence-electron chi connectivity index (χ3n) is 3.94. The minimum atomic E-state index is -0.979. The molecule has 1 aromatic carbocycles. The Hall–Kier alpha value is -1.93. The SMILES string of the molecule is CNCC1CCN(C(=O)COc2ccc([N+](=O)[O-])c(F)c2)CC1.Cl. The molecule has 1 fully saturated rings. The van der Waals surface area contributed by atoms with E-state index in [0.29, 0.717) is 19.0 Å². The smallest absolute Gasteiger partial charge is 0.305 e. The lowest BCUT2D eigenvalue weighted by Gasteiger charge is -2.31. The van der Waals surface area contributed by atoms with Crippen LogP contribution in [0.4, 0.5) is 10.1 Å². The molecule has 0 bridgehead atoms. The van der Waals surface area contributed by atoms with Gasteiger partial charge in [0.15, 0.2) is 6.61 Å². The first-order valence-electron chi connectivity index (χ1n) is 7.50. The van der Waals surface area contributed by atoms with Crippen LogP contribution in [0.15, 0.2) is 18.2 Å². The third kappa shape index (κ3) is 5.31. The van der Waals surface area contributed by atoms with Gasteiger partial charge in [-0.25, -0.2) is 0 Å². The van der Waals surface area contributed by atoms with Crippen molar-refractivity contribution in [1.82, 2.24) is 10.2 Å². The normalized spacial score (nSPS) is 14.8. The van der Waals surface area contributed by atoms with E-state index in [1.54, 1.807) is 4.90 Å². The lowest BCUT2D eigenvalue weighted by Crippen LogP contribution is -2.42. The third-order valence-corrected chi connectivity index (χ3v) is 3.94. The molecule has 1 saturated heterocycles. The molecule has 0 spiro atoms. The number of carbonyl (C=O) groups is 1. The molecule has 7 nitrogen and oxygen atoms in total. The van der Waals surface area contributed by atoms with E-state index in [1.807, 2.05) is 7.05 Å². The highest BCUT2D eigenvalue weighted by atomic mass is 35.5. The van der Waals surface area contributed by atoms with Crippen LogP contribution in [-0.4, -0.2) is 49.0 Å². The molecule has 1 amide bonds. The van der Waals surface area contributed by atoms with E-state index in [-0.39, 0.29) is 30.7 Å². The Labute approximate surface area is 145 Å². The minimum Gasteiger partial charge on any atom is -0.484 e. The Bertz CT molecular complexity index is 580. The van der Waals surface area contributed by atoms with Crippen molar-refractivity contribution in [3.8, 4) is 5.75 Å². The number of benzene rings is 1. The lowest BCUT2D eigenvalue weighted by atomic mass is 9.97. The van der Waals surface area contributed by atoms with Crippen molar-refractivity contribution < 1.29 is 18.8 Å². The fourth-order valence-electron chi connectivity index (χ4n) is 2.64. The molecule has 9 heteroatoms. The molecule has 0 aromatic heterocycles. The van der Waals surface area contributed by atoms with Crippen molar-refractivity contribution >= 4 is 24.0 Å². The fraction of sp³-hybridized carbons (Fsp3) is 0.533. The van der Waals surface area contributed by atoms with Crippen LogP contribution in [0.3, 0.4) is 0 Å². The second-order valence-electron chi connectivity index (χ2n) is 5.54. The van der Waals surface area contributed by atoms with E-state index in [9.17, 15) is 19.3 Å². The molecule has 0 radical (unpaired) electrons. The van der Waals surface area contributed by atoms with E-state index in [2.05, 4.69) is 5.32 Å². The Morgan fingerprint density at radius 3 is 2.67 bits per heavy atom. The highest BCUT2D eigenvalue weighted by Gasteiger charge is 2.23. The molecular weight excluding hydrogens is 341 g/mol. The molecule has 0 atom stereocenters. The molecule has 1 aliphatic heterocycles. The molecule has 1 N–H and O–H groups in total. The number of halogens is 2. The van der Waals surface area contributed by atoms with Gasteiger partial charge in [-0.3, -0.25) is 14.9 Å². The number of nitrogens with zero attached hydrogens (tertiary/aromatic N) is 2. The molecule has 0 saturated carbocycles. The second kappa shape index (κ2) is 9.39. The largest absolute Gasteiger partial charge is 0.484 e. The number of amides is 1. The number of likely N-dealkylation sites (tertiary alicyclic amines) is 1. The van der Waals surface area contributed by atoms with E-state index < -0.39 is 16.4 Å². The molecular formula is C15H21ClFN3O4. The Morgan fingerprint density at radius 2 is 2.12 bits per heavy atom. The summed E-state index contributed by atoms with van der Waals surface area (Å²) in [5.74, 6) is -0.459. The van der Waals surface area contributed by atoms with Crippen molar-refractivity contribution in [1.29, 1.82) is 0 Å². The Kier molecular flexibility index (Phi) is 7.87. The number of hydrogen-bond donors (Lipinski definition) is 1. The van der Waals surface area contributed by atoms with Crippen LogP contribution < -0.4 is 10.1 Å². The Balaban J connectivity index is 0.00000288. The van der Waals surface area contributed by atoms with Crippen LogP contribution in [0.2, 0.25) is 0 Å². The molecule has 134 valence electrons. The number of carbonyl (C=O) groups excluding carboxylic acids is 1. The summed E-state index contributed by atoms with van der Waals surface area (Å²) in [5.41, 5.74) is -0.615. The van der Waals surface area contributed by atoms with Gasteiger partial charge in [0.25, 0.3) is 5.91 Å². The van der Waals surface area contributed by atoms with E-state index in [4.69, 9.17) is 4.74 Å². The molecule has 0 unspecified atom stereocenters. The van der Waals surface area contributed by atoms with Crippen LogP contribution in [-0.2, 0) is 4.79 Å². The van der Waals surface area contributed by atoms with Gasteiger partial charge in [0.1, 0.15) is 5.75 Å². The highest BCUT2D eigenvalue weighted by Crippen LogP contribution is 2.22. The van der Waals surface area contributed by atoms with Crippen molar-refractivity contribution in [2.75, 3.05) is 33.3 Å². The fourth-order valence-corrected chi connectivity index (χ4v) is 2.64. The van der Waals surface area contributed by atoms with Crippen LogP contribution in [0, 0.1) is 21.8 Å². The second-order valence-corrected chi connectivity index (χ2v) is 5.54. The summed E-state index contributed by atoms with van der Waals surface area (Å²) in [6, 6.07) is 3.23. The summed E-state index contributed by atoms with van der Waals surface area (Å²) in [6.07, 6.45) is 1.89. The van der Waals surface area contributed by atoms with Crippen molar-refractivity contribution in [3.63, 3.8) is 0 Å². The van der Waals surface area contributed by atoms with Gasteiger partial charge >= 0.3 is 5.69 Å². The summed E-state index contributed by atoms with van der Waals surface area (Å²) in [4.78, 5) is 23.5. The molecule has 2 rings (SSSR count). The molecule has 1 aromatic rings. The monoisotopic (exact) mass is 361 g/mol. The van der Waals surface area contributed by atoms with Gasteiger partial charge in [-0.2, -0.15) is 4.39 Å². The summed E-state index contributed by atoms with van der Waals surface area (Å²) in [7, 11) is 1.91. The first-order chi connectivity index (χ1) is 11.0. The number of ether oxygens (including phenoxy) is 1. The summed E-state index contributed by atoms with van der Waals surface area (Å²) in [6.45, 7) is 2.11. The van der Waals surface area contributed by atoms with Gasteiger partial charge in [-0.05, 0) is 38.4 Å². The van der Waals surface area contributed by atoms with Gasteiger partial charge in [0.2, 0.25) is 5.82 Å². The van der Waals surface area contributed by atoms with Crippen molar-refractivity contribution in [2.24, 2.45) is 5.92 Å². The molecule has 0 aliphatic carbocycles. The van der Waals surface area contributed by atoms with Crippen molar-refractivity contribution in [3.05, 3.63) is 34.1 Å². The first-order valence-corrected chi connectivity index (χ1v) is 7.50. The first kappa shape index (κ1) is 20.1. The zero-order valence-corrected chi connectivity index (χ0v) is 14.2. The zero-order valence-electron chi connectivity index (χ0n) is 13.4. The average Bonchev–Trinajstić information content (AvgIpc) is 2.53. The van der Waals surface area contributed by atoms with Crippen molar-refractivity contribution in [2.45, 2.75) is 12.8 Å². The molecule has 1 aliphatic rings. The zero-order chi connectivity index (χ0) is 16.8. The summed E-state index contributed by atoms with van der Waals surface area (Å²) < 4.78 is 18.7. The van der Waals surface area contributed by atoms with E-state index in [1.165, 1.54) is 6.07 Å². The van der Waals surface area contributed by atoms with Gasteiger partial charge in [-0.1, -0.05) is 0 Å². The van der Waals surface area contributed by atoms with Crippen LogP contribution >= 0.6 is 12.4 Å². The maximum Gasteiger partial charge on any atom is 0.305 e. The van der Waals surface area contributed by atoms with E-state index in [0.717, 1.165) is 31.5 Å². The maximum atomic E-state index is 13.5.